The second-order valence-electron chi connectivity index (χ2n) is 8.08. The highest BCUT2D eigenvalue weighted by molar-refractivity contribution is 9.10. The molecule has 0 bridgehead atoms. The third kappa shape index (κ3) is 2.48. The molecule has 0 spiro atoms. The van der Waals surface area contributed by atoms with Crippen molar-refractivity contribution in [3.8, 4) is 11.4 Å². The molecule has 1 N–H and O–H groups in total. The third-order valence-electron chi connectivity index (χ3n) is 5.41. The van der Waals surface area contributed by atoms with E-state index < -0.39 is 22.8 Å². The summed E-state index contributed by atoms with van der Waals surface area (Å²) in [7, 11) is 0. The van der Waals surface area contributed by atoms with E-state index in [2.05, 4.69) is 20.9 Å². The van der Waals surface area contributed by atoms with E-state index >= 15 is 0 Å². The first-order chi connectivity index (χ1) is 12.8. The molecule has 2 aromatic carbocycles. The fourth-order valence-electron chi connectivity index (χ4n) is 4.56. The molecule has 2 atom stereocenters. The van der Waals surface area contributed by atoms with Gasteiger partial charge in [0.15, 0.2) is 0 Å². The largest absolute Gasteiger partial charge is 0.481 e. The van der Waals surface area contributed by atoms with Gasteiger partial charge in [-0.1, -0.05) is 73.1 Å². The number of rotatable bonds is 3. The molecule has 0 fully saturated rings. The van der Waals surface area contributed by atoms with Gasteiger partial charge in [-0.25, -0.2) is 4.98 Å². The van der Waals surface area contributed by atoms with Gasteiger partial charge in [-0.05, 0) is 28.7 Å². The Balaban J connectivity index is 2.17. The number of imidazole rings is 1. The maximum atomic E-state index is 12.7. The number of nitrogens with zero attached hydrogens (tertiary/aromatic N) is 2. The molecule has 138 valence electrons. The number of carboxylic acids is 1. The standard InChI is InChI=1S/C22H21BrN2O2/c1-21(2,3)18(20(26)27)22(14-8-10-15(23)11-9-14)17-7-5-4-6-16(17)19-24-12-13-25(19)22/h4-13,18H,1-3H3,(H,26,27). The van der Waals surface area contributed by atoms with E-state index in [0.717, 1.165) is 27.0 Å². The highest BCUT2D eigenvalue weighted by atomic mass is 79.9. The number of hydrogen-bond acceptors (Lipinski definition) is 2. The molecular formula is C22H21BrN2O2. The lowest BCUT2D eigenvalue weighted by Gasteiger charge is -2.44. The van der Waals surface area contributed by atoms with Crippen LogP contribution in [-0.4, -0.2) is 20.6 Å². The van der Waals surface area contributed by atoms with E-state index in [4.69, 9.17) is 0 Å². The average Bonchev–Trinajstić information content (AvgIpc) is 3.17. The topological polar surface area (TPSA) is 55.1 Å². The molecule has 1 aromatic heterocycles. The second kappa shape index (κ2) is 6.06. The van der Waals surface area contributed by atoms with E-state index in [1.54, 1.807) is 6.20 Å². The van der Waals surface area contributed by atoms with Crippen LogP contribution in [0, 0.1) is 11.3 Å². The Hall–Kier alpha value is -2.40. The van der Waals surface area contributed by atoms with Gasteiger partial charge in [-0.15, -0.1) is 0 Å². The summed E-state index contributed by atoms with van der Waals surface area (Å²) in [6.45, 7) is 5.97. The van der Waals surface area contributed by atoms with E-state index in [1.165, 1.54) is 0 Å². The molecular weight excluding hydrogens is 404 g/mol. The number of halogens is 1. The second-order valence-corrected chi connectivity index (χ2v) is 8.99. The molecule has 27 heavy (non-hydrogen) atoms. The molecule has 4 nitrogen and oxygen atoms in total. The summed E-state index contributed by atoms with van der Waals surface area (Å²) in [5, 5.41) is 10.4. The molecule has 2 unspecified atom stereocenters. The van der Waals surface area contributed by atoms with Crippen LogP contribution in [0.25, 0.3) is 11.4 Å². The molecule has 0 saturated carbocycles. The smallest absolute Gasteiger partial charge is 0.310 e. The summed E-state index contributed by atoms with van der Waals surface area (Å²) in [5.74, 6) is -0.700. The van der Waals surface area contributed by atoms with E-state index in [0.29, 0.717) is 0 Å². The number of carboxylic acid groups (broad SMARTS) is 1. The van der Waals surface area contributed by atoms with Crippen LogP contribution < -0.4 is 0 Å². The van der Waals surface area contributed by atoms with Crippen molar-refractivity contribution in [3.63, 3.8) is 0 Å². The Morgan fingerprint density at radius 1 is 1.15 bits per heavy atom. The summed E-state index contributed by atoms with van der Waals surface area (Å²) in [6.07, 6.45) is 3.65. The SMILES string of the molecule is CC(C)(C)C(C(=O)O)C1(c2ccc(Br)cc2)c2ccccc2-c2nccn21. The number of benzene rings is 2. The Labute approximate surface area is 167 Å². The lowest BCUT2D eigenvalue weighted by Crippen LogP contribution is -2.50. The molecule has 1 aliphatic heterocycles. The Morgan fingerprint density at radius 3 is 2.44 bits per heavy atom. The summed E-state index contributed by atoms with van der Waals surface area (Å²) < 4.78 is 3.01. The van der Waals surface area contributed by atoms with Gasteiger partial charge in [0, 0.05) is 22.4 Å². The van der Waals surface area contributed by atoms with Crippen molar-refractivity contribution in [2.75, 3.05) is 0 Å². The maximum Gasteiger partial charge on any atom is 0.310 e. The summed E-state index contributed by atoms with van der Waals surface area (Å²) in [6, 6.07) is 16.0. The van der Waals surface area contributed by atoms with Crippen LogP contribution in [0.3, 0.4) is 0 Å². The first-order valence-electron chi connectivity index (χ1n) is 8.90. The number of hydrogen-bond donors (Lipinski definition) is 1. The van der Waals surface area contributed by atoms with Gasteiger partial charge >= 0.3 is 5.97 Å². The van der Waals surface area contributed by atoms with Crippen molar-refractivity contribution in [2.45, 2.75) is 26.3 Å². The molecule has 0 amide bonds. The Kier molecular flexibility index (Phi) is 4.04. The van der Waals surface area contributed by atoms with E-state index in [9.17, 15) is 9.90 Å². The van der Waals surface area contributed by atoms with Gasteiger partial charge < -0.3 is 9.67 Å². The molecule has 4 rings (SSSR count). The first kappa shape index (κ1) is 18.0. The van der Waals surface area contributed by atoms with Gasteiger partial charge in [-0.3, -0.25) is 4.79 Å². The van der Waals surface area contributed by atoms with Crippen LogP contribution in [0.5, 0.6) is 0 Å². The number of carbonyl (C=O) groups is 1. The minimum atomic E-state index is -0.868. The van der Waals surface area contributed by atoms with Crippen molar-refractivity contribution in [2.24, 2.45) is 11.3 Å². The van der Waals surface area contributed by atoms with Crippen LogP contribution in [0.15, 0.2) is 65.4 Å². The number of fused-ring (bicyclic) bond motifs is 3. The summed E-state index contributed by atoms with van der Waals surface area (Å²) in [5.41, 5.74) is 1.56. The van der Waals surface area contributed by atoms with Crippen LogP contribution in [0.4, 0.5) is 0 Å². The Bertz CT molecular complexity index is 1020. The molecule has 2 heterocycles. The van der Waals surface area contributed by atoms with Gasteiger partial charge in [0.25, 0.3) is 0 Å². The van der Waals surface area contributed by atoms with Crippen LogP contribution in [0.1, 0.15) is 31.9 Å². The highest BCUT2D eigenvalue weighted by Gasteiger charge is 2.57. The molecule has 1 aliphatic rings. The van der Waals surface area contributed by atoms with Crippen LogP contribution in [-0.2, 0) is 10.3 Å². The zero-order valence-electron chi connectivity index (χ0n) is 15.5. The zero-order chi connectivity index (χ0) is 19.4. The maximum absolute atomic E-state index is 12.7. The van der Waals surface area contributed by atoms with Crippen molar-refractivity contribution < 1.29 is 9.90 Å². The third-order valence-corrected chi connectivity index (χ3v) is 5.94. The fourth-order valence-corrected chi connectivity index (χ4v) is 4.83. The van der Waals surface area contributed by atoms with Crippen LogP contribution in [0.2, 0.25) is 0 Å². The van der Waals surface area contributed by atoms with Crippen LogP contribution >= 0.6 is 15.9 Å². The molecule has 0 saturated heterocycles. The lowest BCUT2D eigenvalue weighted by molar-refractivity contribution is -0.149. The Morgan fingerprint density at radius 2 is 1.81 bits per heavy atom. The summed E-state index contributed by atoms with van der Waals surface area (Å²) in [4.78, 5) is 17.2. The monoisotopic (exact) mass is 424 g/mol. The predicted octanol–water partition coefficient (Wildman–Crippen LogP) is 5.16. The van der Waals surface area contributed by atoms with Gasteiger partial charge in [0.05, 0.1) is 5.92 Å². The van der Waals surface area contributed by atoms with E-state index in [1.807, 2.05) is 80.1 Å². The molecule has 3 aromatic rings. The number of aliphatic carboxylic acids is 1. The molecule has 0 radical (unpaired) electrons. The van der Waals surface area contributed by atoms with Crippen molar-refractivity contribution in [1.29, 1.82) is 0 Å². The average molecular weight is 425 g/mol. The minimum Gasteiger partial charge on any atom is -0.481 e. The van der Waals surface area contributed by atoms with Gasteiger partial charge in [0.2, 0.25) is 0 Å². The highest BCUT2D eigenvalue weighted by Crippen LogP contribution is 2.55. The van der Waals surface area contributed by atoms with Crippen molar-refractivity contribution in [1.82, 2.24) is 9.55 Å². The zero-order valence-corrected chi connectivity index (χ0v) is 17.1. The first-order valence-corrected chi connectivity index (χ1v) is 9.70. The van der Waals surface area contributed by atoms with Gasteiger partial charge in [0.1, 0.15) is 11.4 Å². The molecule has 0 aliphatic carbocycles. The predicted molar refractivity (Wildman–Crippen MR) is 109 cm³/mol. The van der Waals surface area contributed by atoms with Crippen molar-refractivity contribution >= 4 is 21.9 Å². The summed E-state index contributed by atoms with van der Waals surface area (Å²) >= 11 is 3.50. The quantitative estimate of drug-likeness (QED) is 0.631. The minimum absolute atomic E-state index is 0.488. The van der Waals surface area contributed by atoms with E-state index in [-0.39, 0.29) is 0 Å². The van der Waals surface area contributed by atoms with Gasteiger partial charge in [-0.2, -0.15) is 0 Å². The normalized spacial score (nSPS) is 19.4. The molecule has 5 heteroatoms. The van der Waals surface area contributed by atoms with Crippen molar-refractivity contribution in [3.05, 3.63) is 76.5 Å². The lowest BCUT2D eigenvalue weighted by atomic mass is 9.63. The fraction of sp³-hybridized carbons (Fsp3) is 0.273. The number of aromatic nitrogens is 2.